The Bertz CT molecular complexity index is 329. The van der Waals surface area contributed by atoms with Crippen LogP contribution in [0.25, 0.3) is 0 Å². The van der Waals surface area contributed by atoms with E-state index in [9.17, 15) is 8.42 Å². The van der Waals surface area contributed by atoms with E-state index in [1.807, 2.05) is 0 Å². The minimum Gasteiger partial charge on any atom is -0.313 e. The lowest BCUT2D eigenvalue weighted by Gasteiger charge is -2.19. The van der Waals surface area contributed by atoms with E-state index in [1.165, 1.54) is 0 Å². The maximum atomic E-state index is 11.7. The predicted octanol–water partition coefficient (Wildman–Crippen LogP) is 0.247. The average Bonchev–Trinajstić information content (AvgIpc) is 2.76. The van der Waals surface area contributed by atoms with Gasteiger partial charge in [0.2, 0.25) is 0 Å². The van der Waals surface area contributed by atoms with Crippen molar-refractivity contribution in [3.05, 3.63) is 0 Å². The molecule has 2 unspecified atom stereocenters. The first kappa shape index (κ1) is 12.3. The van der Waals surface area contributed by atoms with Crippen molar-refractivity contribution in [1.29, 1.82) is 0 Å². The van der Waals surface area contributed by atoms with Crippen LogP contribution in [-0.2, 0) is 9.84 Å². The molecule has 0 amide bonds. The van der Waals surface area contributed by atoms with Gasteiger partial charge in [-0.1, -0.05) is 6.92 Å². The van der Waals surface area contributed by atoms with E-state index in [-0.39, 0.29) is 5.25 Å². The third kappa shape index (κ3) is 2.76. The number of nitrogens with one attached hydrogen (secondary N) is 1. The Hall–Kier alpha value is -0.130. The molecule has 0 radical (unpaired) electrons. The van der Waals surface area contributed by atoms with Crippen LogP contribution in [0.3, 0.4) is 0 Å². The molecule has 16 heavy (non-hydrogen) atoms. The van der Waals surface area contributed by atoms with Gasteiger partial charge in [0.05, 0.1) is 11.0 Å². The van der Waals surface area contributed by atoms with E-state index >= 15 is 0 Å². The van der Waals surface area contributed by atoms with E-state index in [0.29, 0.717) is 11.8 Å². The molecule has 0 spiro atoms. The summed E-state index contributed by atoms with van der Waals surface area (Å²) in [4.78, 5) is 2.31. The highest BCUT2D eigenvalue weighted by atomic mass is 32.2. The first-order valence-electron chi connectivity index (χ1n) is 6.29. The third-order valence-corrected chi connectivity index (χ3v) is 5.95. The smallest absolute Gasteiger partial charge is 0.154 e. The highest BCUT2D eigenvalue weighted by Crippen LogP contribution is 2.22. The monoisotopic (exact) mass is 246 g/mol. The van der Waals surface area contributed by atoms with Gasteiger partial charge in [-0.3, -0.25) is 0 Å². The normalized spacial score (nSPS) is 34.6. The molecule has 2 fully saturated rings. The van der Waals surface area contributed by atoms with Crippen LogP contribution in [0, 0.1) is 0 Å². The van der Waals surface area contributed by atoms with Gasteiger partial charge >= 0.3 is 0 Å². The zero-order valence-electron chi connectivity index (χ0n) is 9.98. The number of nitrogens with zero attached hydrogens (tertiary/aromatic N) is 1. The number of likely N-dealkylation sites (N-methyl/N-ethyl adjacent to an activating group) is 1. The van der Waals surface area contributed by atoms with E-state index in [0.717, 1.165) is 45.4 Å². The number of sulfone groups is 1. The predicted molar refractivity (Wildman–Crippen MR) is 65.3 cm³/mol. The van der Waals surface area contributed by atoms with Gasteiger partial charge in [0.1, 0.15) is 0 Å². The van der Waals surface area contributed by atoms with Crippen LogP contribution < -0.4 is 5.32 Å². The zero-order chi connectivity index (χ0) is 11.6. The van der Waals surface area contributed by atoms with Crippen LogP contribution in [-0.4, -0.2) is 56.5 Å². The summed E-state index contributed by atoms with van der Waals surface area (Å²) in [6.45, 7) is 5.93. The van der Waals surface area contributed by atoms with Crippen molar-refractivity contribution in [1.82, 2.24) is 10.2 Å². The van der Waals surface area contributed by atoms with Crippen LogP contribution in [0.4, 0.5) is 0 Å². The Morgan fingerprint density at radius 3 is 2.81 bits per heavy atom. The number of hydrogen-bond donors (Lipinski definition) is 1. The molecular formula is C11H22N2O2S. The fourth-order valence-electron chi connectivity index (χ4n) is 2.81. The molecule has 0 aromatic carbocycles. The standard InChI is InChI=1S/C11H22N2O2S/c1-2-12-10-5-6-13(8-10)9-11-4-3-7-16(11,14)15/h10-12H,2-9H2,1H3. The fourth-order valence-corrected chi connectivity index (χ4v) is 4.67. The topological polar surface area (TPSA) is 49.4 Å². The quantitative estimate of drug-likeness (QED) is 0.772. The molecule has 0 bridgehead atoms. The molecule has 1 N–H and O–H groups in total. The van der Waals surface area contributed by atoms with E-state index in [1.54, 1.807) is 0 Å². The second kappa shape index (κ2) is 5.02. The average molecular weight is 246 g/mol. The number of likely N-dealkylation sites (tertiary alicyclic amines) is 1. The van der Waals surface area contributed by atoms with Crippen molar-refractivity contribution in [3.63, 3.8) is 0 Å². The summed E-state index contributed by atoms with van der Waals surface area (Å²) in [6, 6.07) is 0.564. The summed E-state index contributed by atoms with van der Waals surface area (Å²) >= 11 is 0. The molecule has 5 heteroatoms. The summed E-state index contributed by atoms with van der Waals surface area (Å²) < 4.78 is 23.4. The van der Waals surface area contributed by atoms with Crippen LogP contribution in [0.15, 0.2) is 0 Å². The van der Waals surface area contributed by atoms with Gasteiger partial charge in [-0.2, -0.15) is 0 Å². The molecular weight excluding hydrogens is 224 g/mol. The van der Waals surface area contributed by atoms with Crippen LogP contribution >= 0.6 is 0 Å². The summed E-state index contributed by atoms with van der Waals surface area (Å²) in [5, 5.41) is 3.34. The molecule has 0 aromatic rings. The maximum Gasteiger partial charge on any atom is 0.154 e. The van der Waals surface area contributed by atoms with E-state index in [4.69, 9.17) is 0 Å². The molecule has 2 aliphatic heterocycles. The van der Waals surface area contributed by atoms with Crippen LogP contribution in [0.2, 0.25) is 0 Å². The van der Waals surface area contributed by atoms with E-state index < -0.39 is 9.84 Å². The fraction of sp³-hybridized carbons (Fsp3) is 1.00. The van der Waals surface area contributed by atoms with Gasteiger partial charge in [-0.05, 0) is 32.4 Å². The van der Waals surface area contributed by atoms with Crippen molar-refractivity contribution in [2.75, 3.05) is 31.9 Å². The first-order valence-corrected chi connectivity index (χ1v) is 8.00. The third-order valence-electron chi connectivity index (χ3n) is 3.69. The Morgan fingerprint density at radius 1 is 1.38 bits per heavy atom. The Balaban J connectivity index is 1.83. The molecule has 0 aliphatic carbocycles. The summed E-state index contributed by atoms with van der Waals surface area (Å²) in [5.74, 6) is 0.405. The Kier molecular flexibility index (Phi) is 3.87. The Morgan fingerprint density at radius 2 is 2.19 bits per heavy atom. The van der Waals surface area contributed by atoms with Gasteiger partial charge in [-0.15, -0.1) is 0 Å². The first-order chi connectivity index (χ1) is 7.62. The molecule has 0 aromatic heterocycles. The highest BCUT2D eigenvalue weighted by Gasteiger charge is 2.34. The largest absolute Gasteiger partial charge is 0.313 e. The second-order valence-electron chi connectivity index (χ2n) is 4.93. The SMILES string of the molecule is CCNC1CCN(CC2CCCS2(=O)=O)C1. The molecule has 0 saturated carbocycles. The lowest BCUT2D eigenvalue weighted by molar-refractivity contribution is 0.323. The molecule has 2 saturated heterocycles. The lowest BCUT2D eigenvalue weighted by Crippen LogP contribution is -2.36. The van der Waals surface area contributed by atoms with Gasteiger partial charge in [0.25, 0.3) is 0 Å². The minimum atomic E-state index is -2.77. The van der Waals surface area contributed by atoms with Gasteiger partial charge < -0.3 is 10.2 Å². The molecule has 2 heterocycles. The van der Waals surface area contributed by atoms with Gasteiger partial charge in [0.15, 0.2) is 9.84 Å². The number of hydrogen-bond acceptors (Lipinski definition) is 4. The van der Waals surface area contributed by atoms with Crippen LogP contribution in [0.1, 0.15) is 26.2 Å². The summed E-state index contributed by atoms with van der Waals surface area (Å²) in [6.07, 6.45) is 2.88. The summed E-state index contributed by atoms with van der Waals surface area (Å²) in [7, 11) is -2.77. The van der Waals surface area contributed by atoms with Crippen molar-refractivity contribution in [2.45, 2.75) is 37.5 Å². The zero-order valence-corrected chi connectivity index (χ0v) is 10.8. The molecule has 94 valence electrons. The van der Waals surface area contributed by atoms with Crippen molar-refractivity contribution in [2.24, 2.45) is 0 Å². The van der Waals surface area contributed by atoms with Crippen molar-refractivity contribution < 1.29 is 8.42 Å². The van der Waals surface area contributed by atoms with Crippen LogP contribution in [0.5, 0.6) is 0 Å². The minimum absolute atomic E-state index is 0.0899. The molecule has 2 atom stereocenters. The number of rotatable bonds is 4. The van der Waals surface area contributed by atoms with E-state index in [2.05, 4.69) is 17.1 Å². The molecule has 4 nitrogen and oxygen atoms in total. The Labute approximate surface area is 98.3 Å². The molecule has 2 aliphatic rings. The van der Waals surface area contributed by atoms with Gasteiger partial charge in [-0.25, -0.2) is 8.42 Å². The lowest BCUT2D eigenvalue weighted by atomic mass is 10.2. The highest BCUT2D eigenvalue weighted by molar-refractivity contribution is 7.92. The van der Waals surface area contributed by atoms with Crippen molar-refractivity contribution >= 4 is 9.84 Å². The molecule has 2 rings (SSSR count). The van der Waals surface area contributed by atoms with Gasteiger partial charge in [0, 0.05) is 19.1 Å². The van der Waals surface area contributed by atoms with Crippen molar-refractivity contribution in [3.8, 4) is 0 Å². The maximum absolute atomic E-state index is 11.7. The summed E-state index contributed by atoms with van der Waals surface area (Å²) in [5.41, 5.74) is 0. The second-order valence-corrected chi connectivity index (χ2v) is 7.33.